The van der Waals surface area contributed by atoms with Gasteiger partial charge in [0.1, 0.15) is 0 Å². The van der Waals surface area contributed by atoms with Crippen molar-refractivity contribution in [3.05, 3.63) is 21.9 Å². The molecule has 1 heterocycles. The first kappa shape index (κ1) is 15.7. The van der Waals surface area contributed by atoms with Crippen LogP contribution in [0, 0.1) is 5.92 Å². The fourth-order valence-electron chi connectivity index (χ4n) is 1.86. The third-order valence-electron chi connectivity index (χ3n) is 2.98. The second kappa shape index (κ2) is 7.30. The molecule has 1 nitrogen and oxygen atoms in total. The lowest BCUT2D eigenvalue weighted by atomic mass is 9.95. The highest BCUT2D eigenvalue weighted by Gasteiger charge is 2.15. The Morgan fingerprint density at radius 1 is 1.17 bits per heavy atom. The highest BCUT2D eigenvalue weighted by Crippen LogP contribution is 2.30. The fourth-order valence-corrected chi connectivity index (χ4v) is 2.96. The van der Waals surface area contributed by atoms with Crippen molar-refractivity contribution in [3.63, 3.8) is 0 Å². The van der Waals surface area contributed by atoms with Crippen LogP contribution in [0.5, 0.6) is 0 Å². The highest BCUT2D eigenvalue weighted by atomic mass is 32.1. The van der Waals surface area contributed by atoms with E-state index in [0.717, 1.165) is 19.0 Å². The Bertz CT molecular complexity index is 333. The lowest BCUT2D eigenvalue weighted by molar-refractivity contribution is 0.536. The molecule has 0 aromatic carbocycles. The van der Waals surface area contributed by atoms with Gasteiger partial charge in [-0.2, -0.15) is 0 Å². The van der Waals surface area contributed by atoms with Gasteiger partial charge in [0.15, 0.2) is 0 Å². The zero-order valence-corrected chi connectivity index (χ0v) is 13.5. The molecular formula is C16H29NS. The Kier molecular flexibility index (Phi) is 6.37. The van der Waals surface area contributed by atoms with Crippen LogP contribution in [0.15, 0.2) is 12.1 Å². The summed E-state index contributed by atoms with van der Waals surface area (Å²) in [5, 5.41) is 3.50. The van der Waals surface area contributed by atoms with E-state index < -0.39 is 0 Å². The molecule has 1 rings (SSSR count). The molecule has 0 amide bonds. The van der Waals surface area contributed by atoms with Gasteiger partial charge in [0.05, 0.1) is 0 Å². The quantitative estimate of drug-likeness (QED) is 0.711. The van der Waals surface area contributed by atoms with Crippen LogP contribution < -0.4 is 5.32 Å². The van der Waals surface area contributed by atoms with Crippen molar-refractivity contribution in [2.45, 2.75) is 59.3 Å². The average Bonchev–Trinajstić information content (AvgIpc) is 2.71. The van der Waals surface area contributed by atoms with Crippen LogP contribution in [0.25, 0.3) is 0 Å². The highest BCUT2D eigenvalue weighted by molar-refractivity contribution is 7.12. The minimum atomic E-state index is 0.307. The van der Waals surface area contributed by atoms with Crippen molar-refractivity contribution < 1.29 is 0 Å². The molecule has 1 aromatic rings. The SMILES string of the molecule is CC(C)CNCCCCc1ccc(C(C)(C)C)s1. The summed E-state index contributed by atoms with van der Waals surface area (Å²) in [4.78, 5) is 3.05. The molecule has 0 spiro atoms. The van der Waals surface area contributed by atoms with Crippen molar-refractivity contribution in [3.8, 4) is 0 Å². The van der Waals surface area contributed by atoms with E-state index in [-0.39, 0.29) is 0 Å². The molecule has 0 aliphatic rings. The van der Waals surface area contributed by atoms with Gasteiger partial charge in [0.25, 0.3) is 0 Å². The normalized spacial score (nSPS) is 12.3. The fraction of sp³-hybridized carbons (Fsp3) is 0.750. The topological polar surface area (TPSA) is 12.0 Å². The van der Waals surface area contributed by atoms with Gasteiger partial charge < -0.3 is 5.32 Å². The molecule has 2 heteroatoms. The lowest BCUT2D eigenvalue weighted by Gasteiger charge is -2.15. The van der Waals surface area contributed by atoms with Gasteiger partial charge in [-0.05, 0) is 55.8 Å². The lowest BCUT2D eigenvalue weighted by Crippen LogP contribution is -2.20. The summed E-state index contributed by atoms with van der Waals surface area (Å²) in [5.41, 5.74) is 0.307. The van der Waals surface area contributed by atoms with Gasteiger partial charge in [-0.25, -0.2) is 0 Å². The largest absolute Gasteiger partial charge is 0.316 e. The third-order valence-corrected chi connectivity index (χ3v) is 4.55. The molecule has 18 heavy (non-hydrogen) atoms. The molecule has 1 aromatic heterocycles. The minimum absolute atomic E-state index is 0.307. The van der Waals surface area contributed by atoms with E-state index in [1.54, 1.807) is 4.88 Å². The molecule has 0 radical (unpaired) electrons. The molecule has 0 fully saturated rings. The third kappa shape index (κ3) is 6.01. The van der Waals surface area contributed by atoms with Crippen LogP contribution in [0.3, 0.4) is 0 Å². The van der Waals surface area contributed by atoms with E-state index in [4.69, 9.17) is 0 Å². The smallest absolute Gasteiger partial charge is 0.0102 e. The molecule has 0 aliphatic heterocycles. The Balaban J connectivity index is 2.18. The summed E-state index contributed by atoms with van der Waals surface area (Å²) in [6, 6.07) is 4.61. The molecule has 0 atom stereocenters. The Labute approximate surface area is 117 Å². The minimum Gasteiger partial charge on any atom is -0.316 e. The molecule has 0 bridgehead atoms. The summed E-state index contributed by atoms with van der Waals surface area (Å²) in [6.07, 6.45) is 3.83. The molecule has 0 unspecified atom stereocenters. The summed E-state index contributed by atoms with van der Waals surface area (Å²) in [5.74, 6) is 0.761. The Morgan fingerprint density at radius 3 is 2.44 bits per heavy atom. The van der Waals surface area contributed by atoms with Crippen LogP contribution >= 0.6 is 11.3 Å². The van der Waals surface area contributed by atoms with Gasteiger partial charge in [0.2, 0.25) is 0 Å². The predicted molar refractivity (Wildman–Crippen MR) is 83.7 cm³/mol. The van der Waals surface area contributed by atoms with E-state index >= 15 is 0 Å². The number of nitrogens with one attached hydrogen (secondary N) is 1. The van der Waals surface area contributed by atoms with Crippen molar-refractivity contribution in [2.24, 2.45) is 5.92 Å². The number of thiophene rings is 1. The van der Waals surface area contributed by atoms with Crippen molar-refractivity contribution in [1.29, 1.82) is 0 Å². The second-order valence-corrected chi connectivity index (χ2v) is 7.74. The first-order valence-corrected chi connectivity index (χ1v) is 8.01. The zero-order chi connectivity index (χ0) is 13.6. The summed E-state index contributed by atoms with van der Waals surface area (Å²) >= 11 is 1.99. The molecule has 1 N–H and O–H groups in total. The van der Waals surface area contributed by atoms with Crippen LogP contribution in [0.4, 0.5) is 0 Å². The van der Waals surface area contributed by atoms with E-state index in [0.29, 0.717) is 5.41 Å². The molecule has 0 saturated heterocycles. The van der Waals surface area contributed by atoms with Crippen LogP contribution in [-0.2, 0) is 11.8 Å². The van der Waals surface area contributed by atoms with Gasteiger partial charge in [-0.1, -0.05) is 34.6 Å². The predicted octanol–water partition coefficient (Wildman–Crippen LogP) is 4.61. The maximum atomic E-state index is 3.50. The number of unbranched alkanes of at least 4 members (excludes halogenated alkanes) is 1. The van der Waals surface area contributed by atoms with Crippen LogP contribution in [0.2, 0.25) is 0 Å². The monoisotopic (exact) mass is 267 g/mol. The van der Waals surface area contributed by atoms with Crippen molar-refractivity contribution in [1.82, 2.24) is 5.32 Å². The van der Waals surface area contributed by atoms with Gasteiger partial charge >= 0.3 is 0 Å². The molecule has 0 aliphatic carbocycles. The number of hydrogen-bond donors (Lipinski definition) is 1. The Hall–Kier alpha value is -0.340. The van der Waals surface area contributed by atoms with Gasteiger partial charge in [0, 0.05) is 9.75 Å². The van der Waals surface area contributed by atoms with E-state index in [1.165, 1.54) is 24.1 Å². The van der Waals surface area contributed by atoms with Crippen molar-refractivity contribution in [2.75, 3.05) is 13.1 Å². The van der Waals surface area contributed by atoms with Gasteiger partial charge in [-0.3, -0.25) is 0 Å². The van der Waals surface area contributed by atoms with Crippen LogP contribution in [0.1, 0.15) is 57.2 Å². The van der Waals surface area contributed by atoms with E-state index in [9.17, 15) is 0 Å². The average molecular weight is 267 g/mol. The van der Waals surface area contributed by atoms with Crippen molar-refractivity contribution >= 4 is 11.3 Å². The van der Waals surface area contributed by atoms with Gasteiger partial charge in [-0.15, -0.1) is 11.3 Å². The van der Waals surface area contributed by atoms with Crippen LogP contribution in [-0.4, -0.2) is 13.1 Å². The maximum absolute atomic E-state index is 3.50. The summed E-state index contributed by atoms with van der Waals surface area (Å²) in [6.45, 7) is 13.7. The first-order valence-electron chi connectivity index (χ1n) is 7.19. The number of aryl methyl sites for hydroxylation is 1. The number of rotatable bonds is 7. The van der Waals surface area contributed by atoms with E-state index in [2.05, 4.69) is 52.1 Å². The summed E-state index contributed by atoms with van der Waals surface area (Å²) in [7, 11) is 0. The summed E-state index contributed by atoms with van der Waals surface area (Å²) < 4.78 is 0. The molecular weight excluding hydrogens is 238 g/mol. The standard InChI is InChI=1S/C16H29NS/c1-13(2)12-17-11-7-6-8-14-9-10-15(18-14)16(3,4)5/h9-10,13,17H,6-8,11-12H2,1-5H3. The van der Waals surface area contributed by atoms with E-state index in [1.807, 2.05) is 11.3 Å². The zero-order valence-electron chi connectivity index (χ0n) is 12.7. The second-order valence-electron chi connectivity index (χ2n) is 6.57. The Morgan fingerprint density at radius 2 is 1.89 bits per heavy atom. The first-order chi connectivity index (χ1) is 8.39. The number of hydrogen-bond acceptors (Lipinski definition) is 2. The molecule has 104 valence electrons. The maximum Gasteiger partial charge on any atom is 0.0102 e. The molecule has 0 saturated carbocycles.